The Morgan fingerprint density at radius 2 is 1.93 bits per heavy atom. The molecule has 3 rings (SSSR count). The second-order valence-corrected chi connectivity index (χ2v) is 6.42. The van der Waals surface area contributed by atoms with E-state index < -0.39 is 53.3 Å². The lowest BCUT2D eigenvalue weighted by atomic mass is 9.82. The zero-order chi connectivity index (χ0) is 19.8. The summed E-state index contributed by atoms with van der Waals surface area (Å²) in [6.45, 7) is 0.290. The van der Waals surface area contributed by atoms with Crippen LogP contribution in [0.15, 0.2) is 52.2 Å². The topological polar surface area (TPSA) is 118 Å². The van der Waals surface area contributed by atoms with Crippen LogP contribution < -0.4 is 11.2 Å². The van der Waals surface area contributed by atoms with Crippen molar-refractivity contribution in [3.05, 3.63) is 69.0 Å². The number of aliphatic hydroxyl groups is 1. The number of aromatic nitrogens is 2. The first-order valence-corrected chi connectivity index (χ1v) is 8.17. The third-order valence-electron chi connectivity index (χ3n) is 4.59. The molecule has 9 heteroatoms. The summed E-state index contributed by atoms with van der Waals surface area (Å²) in [5.41, 5.74) is -4.02. The number of nitrogens with zero attached hydrogens (tertiary/aromatic N) is 1. The number of carbonyl (C=O) groups is 2. The Hall–Kier alpha value is -2.91. The van der Waals surface area contributed by atoms with Crippen molar-refractivity contribution >= 4 is 11.6 Å². The fourth-order valence-corrected chi connectivity index (χ4v) is 3.29. The smallest absolute Gasteiger partial charge is 0.330 e. The molecule has 2 N–H and O–H groups in total. The molecular formula is C18H17FN2O6. The predicted octanol–water partition coefficient (Wildman–Crippen LogP) is 0.223. The molecule has 0 unspecified atom stereocenters. The number of Topliss-reactive ketones (excluding diaryl/α,β-unsaturated/α-hetero) is 2. The van der Waals surface area contributed by atoms with Gasteiger partial charge in [-0.15, -0.1) is 0 Å². The highest BCUT2D eigenvalue weighted by atomic mass is 19.1. The van der Waals surface area contributed by atoms with Crippen LogP contribution in [0, 0.1) is 5.92 Å². The SMILES string of the molecule is C[C@@]1(F)[C@H](C(=O)C(=O)c2ccccc2)[C@@H](CO)O[C@H]1n1ccc(=O)[nH]c1=O. The lowest BCUT2D eigenvalue weighted by molar-refractivity contribution is -0.123. The van der Waals surface area contributed by atoms with Gasteiger partial charge in [0.1, 0.15) is 0 Å². The lowest BCUT2D eigenvalue weighted by Gasteiger charge is -2.26. The fourth-order valence-electron chi connectivity index (χ4n) is 3.29. The summed E-state index contributed by atoms with van der Waals surface area (Å²) in [6, 6.07) is 8.62. The molecule has 27 heavy (non-hydrogen) atoms. The number of alkyl halides is 1. The van der Waals surface area contributed by atoms with Crippen molar-refractivity contribution in [3.63, 3.8) is 0 Å². The Kier molecular flexibility index (Phi) is 4.90. The minimum absolute atomic E-state index is 0.0830. The quantitative estimate of drug-likeness (QED) is 0.569. The summed E-state index contributed by atoms with van der Waals surface area (Å²) in [4.78, 5) is 50.4. The number of ether oxygens (including phenoxy) is 1. The summed E-state index contributed by atoms with van der Waals surface area (Å²) in [6.07, 6.45) is -1.90. The van der Waals surface area contributed by atoms with Crippen molar-refractivity contribution in [3.8, 4) is 0 Å². The molecule has 1 aliphatic rings. The van der Waals surface area contributed by atoms with Crippen LogP contribution in [0.3, 0.4) is 0 Å². The number of ketones is 2. The van der Waals surface area contributed by atoms with Gasteiger partial charge in [0.15, 0.2) is 11.9 Å². The Labute approximate surface area is 152 Å². The van der Waals surface area contributed by atoms with Crippen LogP contribution in [-0.4, -0.2) is 44.6 Å². The van der Waals surface area contributed by atoms with Gasteiger partial charge in [-0.1, -0.05) is 30.3 Å². The van der Waals surface area contributed by atoms with Gasteiger partial charge in [0.2, 0.25) is 11.6 Å². The highest BCUT2D eigenvalue weighted by molar-refractivity contribution is 6.44. The molecule has 142 valence electrons. The van der Waals surface area contributed by atoms with E-state index in [4.69, 9.17) is 4.74 Å². The van der Waals surface area contributed by atoms with E-state index in [2.05, 4.69) is 0 Å². The number of aromatic amines is 1. The van der Waals surface area contributed by atoms with Gasteiger partial charge < -0.3 is 9.84 Å². The summed E-state index contributed by atoms with van der Waals surface area (Å²) >= 11 is 0. The number of carbonyl (C=O) groups excluding carboxylic acids is 2. The second kappa shape index (κ2) is 7.01. The Morgan fingerprint density at radius 3 is 2.52 bits per heavy atom. The van der Waals surface area contributed by atoms with E-state index >= 15 is 4.39 Å². The van der Waals surface area contributed by atoms with Gasteiger partial charge in [-0.2, -0.15) is 0 Å². The maximum Gasteiger partial charge on any atom is 0.330 e. The maximum atomic E-state index is 15.6. The number of aliphatic hydroxyl groups excluding tert-OH is 1. The van der Waals surface area contributed by atoms with Gasteiger partial charge in [-0.25, -0.2) is 9.18 Å². The number of rotatable bonds is 5. The van der Waals surface area contributed by atoms with E-state index in [0.717, 1.165) is 23.8 Å². The molecule has 0 bridgehead atoms. The minimum Gasteiger partial charge on any atom is -0.394 e. The van der Waals surface area contributed by atoms with Gasteiger partial charge in [0.05, 0.1) is 18.6 Å². The predicted molar refractivity (Wildman–Crippen MR) is 91.1 cm³/mol. The van der Waals surface area contributed by atoms with E-state index in [0.29, 0.717) is 0 Å². The Bertz CT molecular complexity index is 981. The van der Waals surface area contributed by atoms with Crippen LogP contribution in [0.4, 0.5) is 4.39 Å². The molecule has 0 aliphatic carbocycles. The molecule has 1 aromatic carbocycles. The molecule has 1 aromatic heterocycles. The summed E-state index contributed by atoms with van der Waals surface area (Å²) in [5, 5.41) is 9.55. The summed E-state index contributed by atoms with van der Waals surface area (Å²) in [7, 11) is 0. The van der Waals surface area contributed by atoms with Crippen molar-refractivity contribution in [1.29, 1.82) is 0 Å². The van der Waals surface area contributed by atoms with Crippen LogP contribution in [0.2, 0.25) is 0 Å². The van der Waals surface area contributed by atoms with E-state index in [1.165, 1.54) is 12.1 Å². The molecular weight excluding hydrogens is 359 g/mol. The van der Waals surface area contributed by atoms with E-state index in [1.54, 1.807) is 18.2 Å². The van der Waals surface area contributed by atoms with E-state index in [1.807, 2.05) is 4.98 Å². The molecule has 0 spiro atoms. The average Bonchev–Trinajstić information content (AvgIpc) is 2.91. The van der Waals surface area contributed by atoms with E-state index in [-0.39, 0.29) is 5.56 Å². The highest BCUT2D eigenvalue weighted by Crippen LogP contribution is 2.45. The molecule has 4 atom stereocenters. The zero-order valence-corrected chi connectivity index (χ0v) is 14.3. The number of halogens is 1. The molecule has 1 saturated heterocycles. The zero-order valence-electron chi connectivity index (χ0n) is 14.3. The molecule has 2 heterocycles. The maximum absolute atomic E-state index is 15.6. The monoisotopic (exact) mass is 376 g/mol. The molecule has 1 fully saturated rings. The van der Waals surface area contributed by atoms with Gasteiger partial charge in [-0.3, -0.25) is 23.9 Å². The average molecular weight is 376 g/mol. The number of nitrogens with one attached hydrogen (secondary N) is 1. The van der Waals surface area contributed by atoms with Crippen molar-refractivity contribution in [2.45, 2.75) is 24.9 Å². The molecule has 0 amide bonds. The number of H-pyrrole nitrogens is 1. The first-order valence-electron chi connectivity index (χ1n) is 8.17. The van der Waals surface area contributed by atoms with Crippen molar-refractivity contribution < 1.29 is 23.8 Å². The van der Waals surface area contributed by atoms with Gasteiger partial charge in [0, 0.05) is 17.8 Å². The van der Waals surface area contributed by atoms with Crippen molar-refractivity contribution in [2.75, 3.05) is 6.61 Å². The fraction of sp³-hybridized carbons (Fsp3) is 0.333. The normalized spacial score (nSPS) is 27.4. The molecule has 8 nitrogen and oxygen atoms in total. The third kappa shape index (κ3) is 3.26. The molecule has 0 saturated carbocycles. The van der Waals surface area contributed by atoms with Crippen LogP contribution in [0.25, 0.3) is 0 Å². The minimum atomic E-state index is -2.49. The standard InChI is InChI=1S/C18H17FN2O6/c1-18(19)13(15(25)14(24)10-5-3-2-4-6-10)11(9-22)27-16(18)21-8-7-12(23)20-17(21)26/h2-8,11,13,16,22H,9H2,1H3,(H,20,23,26)/t11-,13+,16-,18-/m1/s1. The molecule has 1 aliphatic heterocycles. The van der Waals surface area contributed by atoms with Crippen LogP contribution in [0.5, 0.6) is 0 Å². The van der Waals surface area contributed by atoms with E-state index in [9.17, 15) is 24.3 Å². The highest BCUT2D eigenvalue weighted by Gasteiger charge is 2.59. The van der Waals surface area contributed by atoms with Crippen LogP contribution in [0.1, 0.15) is 23.5 Å². The van der Waals surface area contributed by atoms with Crippen LogP contribution >= 0.6 is 0 Å². The lowest BCUT2D eigenvalue weighted by Crippen LogP contribution is -2.45. The first-order chi connectivity index (χ1) is 12.8. The largest absolute Gasteiger partial charge is 0.394 e. The third-order valence-corrected chi connectivity index (χ3v) is 4.59. The Morgan fingerprint density at radius 1 is 1.26 bits per heavy atom. The van der Waals surface area contributed by atoms with Crippen LogP contribution in [-0.2, 0) is 9.53 Å². The number of hydrogen-bond donors (Lipinski definition) is 2. The van der Waals surface area contributed by atoms with Gasteiger partial charge >= 0.3 is 5.69 Å². The number of hydrogen-bond acceptors (Lipinski definition) is 6. The molecule has 0 radical (unpaired) electrons. The van der Waals surface area contributed by atoms with Crippen molar-refractivity contribution in [1.82, 2.24) is 9.55 Å². The Balaban J connectivity index is 2.00. The number of benzene rings is 1. The molecule has 2 aromatic rings. The van der Waals surface area contributed by atoms with Gasteiger partial charge in [0.25, 0.3) is 5.56 Å². The summed E-state index contributed by atoms with van der Waals surface area (Å²) in [5.74, 6) is -3.61. The van der Waals surface area contributed by atoms with Crippen molar-refractivity contribution in [2.24, 2.45) is 5.92 Å². The summed E-state index contributed by atoms with van der Waals surface area (Å²) < 4.78 is 21.8. The first kappa shape index (κ1) is 18.9. The van der Waals surface area contributed by atoms with Gasteiger partial charge in [-0.05, 0) is 6.92 Å². The second-order valence-electron chi connectivity index (χ2n) is 6.42.